The van der Waals surface area contributed by atoms with E-state index in [2.05, 4.69) is 26.8 Å². The molecular weight excluding hydrogens is 396 g/mol. The van der Waals surface area contributed by atoms with Crippen molar-refractivity contribution in [2.45, 2.75) is 13.8 Å². The molecule has 0 aromatic heterocycles. The van der Waals surface area contributed by atoms with Crippen LogP contribution < -0.4 is 15.6 Å². The molecule has 0 saturated heterocycles. The van der Waals surface area contributed by atoms with E-state index < -0.39 is 11.8 Å². The molecule has 2 rings (SSSR count). The smallest absolute Gasteiger partial charge is 0.276 e. The van der Waals surface area contributed by atoms with Gasteiger partial charge in [-0.15, -0.1) is 0 Å². The number of halogens is 2. The van der Waals surface area contributed by atoms with Gasteiger partial charge in [0, 0.05) is 15.1 Å². The van der Waals surface area contributed by atoms with Crippen LogP contribution >= 0.6 is 27.5 Å². The van der Waals surface area contributed by atoms with Crippen molar-refractivity contribution in [3.05, 3.63) is 62.6 Å². The molecule has 0 spiro atoms. The molecule has 0 aliphatic heterocycles. The third-order valence-electron chi connectivity index (χ3n) is 3.25. The number of nitrogens with one attached hydrogen (secondary N) is 2. The Labute approximate surface area is 153 Å². The molecule has 0 fully saturated rings. The highest BCUT2D eigenvalue weighted by Gasteiger charge is 2.10. The molecule has 0 radical (unpaired) electrons. The lowest BCUT2D eigenvalue weighted by Gasteiger charge is -2.11. The van der Waals surface area contributed by atoms with Gasteiger partial charge in [-0.1, -0.05) is 33.6 Å². The molecule has 5 nitrogen and oxygen atoms in total. The number of rotatable bonds is 4. The molecule has 2 aromatic rings. The fraction of sp³-hybridized carbons (Fsp3) is 0.176. The number of benzene rings is 2. The first-order valence-electron chi connectivity index (χ1n) is 7.11. The number of amides is 2. The van der Waals surface area contributed by atoms with Gasteiger partial charge in [0.25, 0.3) is 11.8 Å². The van der Waals surface area contributed by atoms with E-state index in [1.165, 1.54) is 0 Å². The van der Waals surface area contributed by atoms with Gasteiger partial charge >= 0.3 is 0 Å². The summed E-state index contributed by atoms with van der Waals surface area (Å²) in [5.74, 6) is -0.320. The van der Waals surface area contributed by atoms with E-state index in [4.69, 9.17) is 16.3 Å². The normalized spacial score (nSPS) is 10.2. The number of hydrogen-bond donors (Lipinski definition) is 2. The van der Waals surface area contributed by atoms with Gasteiger partial charge < -0.3 is 4.74 Å². The summed E-state index contributed by atoms with van der Waals surface area (Å²) in [6, 6.07) is 10.3. The predicted octanol–water partition coefficient (Wildman–Crippen LogP) is 3.56. The summed E-state index contributed by atoms with van der Waals surface area (Å²) in [5.41, 5.74) is 6.93. The zero-order valence-electron chi connectivity index (χ0n) is 13.2. The highest BCUT2D eigenvalue weighted by Crippen LogP contribution is 2.21. The van der Waals surface area contributed by atoms with Crippen molar-refractivity contribution in [3.8, 4) is 5.75 Å². The van der Waals surface area contributed by atoms with Gasteiger partial charge in [-0.2, -0.15) is 0 Å². The number of aryl methyl sites for hydroxylation is 2. The monoisotopic (exact) mass is 410 g/mol. The van der Waals surface area contributed by atoms with Crippen molar-refractivity contribution < 1.29 is 14.3 Å². The zero-order chi connectivity index (χ0) is 17.7. The first-order valence-corrected chi connectivity index (χ1v) is 8.28. The number of carbonyl (C=O) groups is 2. The Balaban J connectivity index is 1.84. The largest absolute Gasteiger partial charge is 0.483 e. The first kappa shape index (κ1) is 18.3. The first-order chi connectivity index (χ1) is 11.4. The van der Waals surface area contributed by atoms with Crippen molar-refractivity contribution in [3.63, 3.8) is 0 Å². The van der Waals surface area contributed by atoms with Crippen LogP contribution in [0.2, 0.25) is 5.02 Å². The van der Waals surface area contributed by atoms with Gasteiger partial charge in [0.2, 0.25) is 0 Å². The summed E-state index contributed by atoms with van der Waals surface area (Å²) in [6.45, 7) is 3.53. The summed E-state index contributed by atoms with van der Waals surface area (Å²) in [5, 5.41) is 0.598. The van der Waals surface area contributed by atoms with Gasteiger partial charge in [-0.25, -0.2) is 0 Å². The van der Waals surface area contributed by atoms with E-state index in [9.17, 15) is 9.59 Å². The van der Waals surface area contributed by atoms with E-state index in [0.29, 0.717) is 16.3 Å². The van der Waals surface area contributed by atoms with Crippen LogP contribution in [0.25, 0.3) is 0 Å². The summed E-state index contributed by atoms with van der Waals surface area (Å²) in [6.07, 6.45) is 0. The fourth-order valence-electron chi connectivity index (χ4n) is 1.89. The van der Waals surface area contributed by atoms with Crippen LogP contribution in [-0.4, -0.2) is 18.4 Å². The van der Waals surface area contributed by atoms with Crippen molar-refractivity contribution in [1.82, 2.24) is 10.9 Å². The maximum absolute atomic E-state index is 12.0. The Kier molecular flexibility index (Phi) is 6.23. The third-order valence-corrected chi connectivity index (χ3v) is 4.33. The lowest BCUT2D eigenvalue weighted by Crippen LogP contribution is -2.43. The topological polar surface area (TPSA) is 67.4 Å². The molecule has 0 aliphatic carbocycles. The number of ether oxygens (including phenoxy) is 1. The fourth-order valence-corrected chi connectivity index (χ4v) is 2.49. The van der Waals surface area contributed by atoms with Gasteiger partial charge in [0.15, 0.2) is 6.61 Å². The minimum atomic E-state index is -0.469. The summed E-state index contributed by atoms with van der Waals surface area (Å²) < 4.78 is 6.22. The summed E-state index contributed by atoms with van der Waals surface area (Å²) in [7, 11) is 0. The Morgan fingerprint density at radius 1 is 1.08 bits per heavy atom. The Morgan fingerprint density at radius 2 is 1.83 bits per heavy atom. The van der Waals surface area contributed by atoms with E-state index >= 15 is 0 Å². The van der Waals surface area contributed by atoms with Gasteiger partial charge in [-0.3, -0.25) is 20.4 Å². The van der Waals surface area contributed by atoms with E-state index in [1.54, 1.807) is 30.3 Å². The van der Waals surface area contributed by atoms with Crippen molar-refractivity contribution in [2.24, 2.45) is 0 Å². The molecular formula is C17H16BrClN2O3. The average molecular weight is 412 g/mol. The predicted molar refractivity (Wildman–Crippen MR) is 96.2 cm³/mol. The van der Waals surface area contributed by atoms with Crippen molar-refractivity contribution in [1.29, 1.82) is 0 Å². The van der Waals surface area contributed by atoms with E-state index in [0.717, 1.165) is 15.6 Å². The second-order valence-corrected chi connectivity index (χ2v) is 6.46. The van der Waals surface area contributed by atoms with Gasteiger partial charge in [0.05, 0.1) is 0 Å². The minimum Gasteiger partial charge on any atom is -0.483 e. The van der Waals surface area contributed by atoms with Crippen LogP contribution in [-0.2, 0) is 4.79 Å². The molecule has 126 valence electrons. The zero-order valence-corrected chi connectivity index (χ0v) is 15.5. The molecule has 0 bridgehead atoms. The molecule has 0 aliphatic rings. The van der Waals surface area contributed by atoms with Crippen LogP contribution in [0.5, 0.6) is 5.75 Å². The lowest BCUT2D eigenvalue weighted by atomic mass is 10.1. The van der Waals surface area contributed by atoms with E-state index in [1.807, 2.05) is 19.9 Å². The third kappa shape index (κ3) is 4.97. The number of hydrogen-bond acceptors (Lipinski definition) is 3. The summed E-state index contributed by atoms with van der Waals surface area (Å²) >= 11 is 9.22. The highest BCUT2D eigenvalue weighted by atomic mass is 79.9. The Morgan fingerprint density at radius 3 is 2.50 bits per heavy atom. The molecule has 2 aromatic carbocycles. The Bertz CT molecular complexity index is 780. The molecule has 0 atom stereocenters. The van der Waals surface area contributed by atoms with Crippen molar-refractivity contribution in [2.75, 3.05) is 6.61 Å². The molecule has 2 N–H and O–H groups in total. The Hall–Kier alpha value is -2.05. The van der Waals surface area contributed by atoms with E-state index in [-0.39, 0.29) is 6.61 Å². The molecule has 7 heteroatoms. The average Bonchev–Trinajstić information content (AvgIpc) is 2.54. The standard InChI is InChI=1S/C17H16BrClN2O3/c1-10-3-4-12(8-14(10)18)17(23)21-20-16(22)9-24-15-6-5-13(19)7-11(15)2/h3-8H,9H2,1-2H3,(H,20,22)(H,21,23). The van der Waals surface area contributed by atoms with Crippen LogP contribution in [0.4, 0.5) is 0 Å². The number of carbonyl (C=O) groups excluding carboxylic acids is 2. The lowest BCUT2D eigenvalue weighted by molar-refractivity contribution is -0.123. The quantitative estimate of drug-likeness (QED) is 0.756. The molecule has 24 heavy (non-hydrogen) atoms. The maximum atomic E-state index is 12.0. The minimum absolute atomic E-state index is 0.222. The van der Waals surface area contributed by atoms with Crippen molar-refractivity contribution >= 4 is 39.3 Å². The van der Waals surface area contributed by atoms with Crippen LogP contribution in [0.1, 0.15) is 21.5 Å². The second-order valence-electron chi connectivity index (χ2n) is 5.16. The van der Waals surface area contributed by atoms with Crippen LogP contribution in [0.3, 0.4) is 0 Å². The van der Waals surface area contributed by atoms with Crippen LogP contribution in [0.15, 0.2) is 40.9 Å². The maximum Gasteiger partial charge on any atom is 0.276 e. The molecule has 0 heterocycles. The SMILES string of the molecule is Cc1ccc(C(=O)NNC(=O)COc2ccc(Cl)cc2C)cc1Br. The second kappa shape index (κ2) is 8.17. The number of hydrazine groups is 1. The molecule has 2 amide bonds. The van der Waals surface area contributed by atoms with Gasteiger partial charge in [-0.05, 0) is 55.3 Å². The highest BCUT2D eigenvalue weighted by molar-refractivity contribution is 9.10. The molecule has 0 saturated carbocycles. The van der Waals surface area contributed by atoms with Crippen LogP contribution in [0, 0.1) is 13.8 Å². The van der Waals surface area contributed by atoms with Gasteiger partial charge in [0.1, 0.15) is 5.75 Å². The summed E-state index contributed by atoms with van der Waals surface area (Å²) in [4.78, 5) is 23.7. The molecule has 0 unspecified atom stereocenters.